The van der Waals surface area contributed by atoms with Gasteiger partial charge in [0.15, 0.2) is 5.82 Å². The van der Waals surface area contributed by atoms with E-state index >= 15 is 0 Å². The Morgan fingerprint density at radius 1 is 1.41 bits per heavy atom. The highest BCUT2D eigenvalue weighted by Gasteiger charge is 2.08. The Labute approximate surface area is 99.0 Å². The lowest BCUT2D eigenvalue weighted by atomic mass is 10.4. The highest BCUT2D eigenvalue weighted by molar-refractivity contribution is 5.85. The van der Waals surface area contributed by atoms with Gasteiger partial charge in [-0.3, -0.25) is 5.32 Å². The van der Waals surface area contributed by atoms with Gasteiger partial charge in [0.2, 0.25) is 0 Å². The maximum Gasteiger partial charge on any atom is 0.412 e. The third kappa shape index (κ3) is 2.63. The van der Waals surface area contributed by atoms with Crippen molar-refractivity contribution in [3.05, 3.63) is 42.9 Å². The molecule has 0 spiro atoms. The molecule has 2 heterocycles. The van der Waals surface area contributed by atoms with Gasteiger partial charge in [-0.2, -0.15) is 0 Å². The Morgan fingerprint density at radius 2 is 2.18 bits per heavy atom. The molecule has 17 heavy (non-hydrogen) atoms. The van der Waals surface area contributed by atoms with E-state index in [0.717, 1.165) is 5.69 Å². The first-order chi connectivity index (χ1) is 8.31. The standard InChI is InChI=1S/C12H13N3O2/c1-2-17-12(16)14-11-10(6-5-7-13-11)15-8-3-4-9-15/h3-9H,2H2,1H3,(H,13,14,16). The van der Waals surface area contributed by atoms with Gasteiger partial charge in [-0.25, -0.2) is 9.78 Å². The number of nitrogens with one attached hydrogen (secondary N) is 1. The molecule has 0 aliphatic heterocycles. The summed E-state index contributed by atoms with van der Waals surface area (Å²) < 4.78 is 6.69. The van der Waals surface area contributed by atoms with E-state index in [0.29, 0.717) is 12.4 Å². The van der Waals surface area contributed by atoms with Gasteiger partial charge < -0.3 is 9.30 Å². The molecule has 5 heteroatoms. The van der Waals surface area contributed by atoms with Crippen molar-refractivity contribution in [3.8, 4) is 5.69 Å². The maximum atomic E-state index is 11.4. The summed E-state index contributed by atoms with van der Waals surface area (Å²) in [6.07, 6.45) is 4.88. The minimum atomic E-state index is -0.500. The molecule has 1 N–H and O–H groups in total. The van der Waals surface area contributed by atoms with Crippen molar-refractivity contribution >= 4 is 11.9 Å². The van der Waals surface area contributed by atoms with Crippen LogP contribution in [0.4, 0.5) is 10.6 Å². The molecule has 2 rings (SSSR count). The van der Waals surface area contributed by atoms with Gasteiger partial charge >= 0.3 is 6.09 Å². The molecule has 0 fully saturated rings. The number of pyridine rings is 1. The first-order valence-corrected chi connectivity index (χ1v) is 5.33. The second-order valence-corrected chi connectivity index (χ2v) is 3.31. The van der Waals surface area contributed by atoms with E-state index in [-0.39, 0.29) is 0 Å². The lowest BCUT2D eigenvalue weighted by molar-refractivity contribution is 0.168. The first kappa shape index (κ1) is 11.2. The third-order valence-electron chi connectivity index (χ3n) is 2.16. The van der Waals surface area contributed by atoms with Crippen molar-refractivity contribution < 1.29 is 9.53 Å². The van der Waals surface area contributed by atoms with Crippen LogP contribution in [-0.2, 0) is 4.74 Å². The van der Waals surface area contributed by atoms with E-state index in [9.17, 15) is 4.79 Å². The van der Waals surface area contributed by atoms with Crippen LogP contribution in [-0.4, -0.2) is 22.3 Å². The summed E-state index contributed by atoms with van der Waals surface area (Å²) in [5, 5.41) is 2.61. The summed E-state index contributed by atoms with van der Waals surface area (Å²) in [6, 6.07) is 7.49. The van der Waals surface area contributed by atoms with E-state index in [2.05, 4.69) is 10.3 Å². The normalized spacial score (nSPS) is 9.94. The maximum absolute atomic E-state index is 11.4. The summed E-state index contributed by atoms with van der Waals surface area (Å²) in [5.41, 5.74) is 0.797. The summed E-state index contributed by atoms with van der Waals surface area (Å²) in [7, 11) is 0. The van der Waals surface area contributed by atoms with Crippen molar-refractivity contribution in [2.75, 3.05) is 11.9 Å². The van der Waals surface area contributed by atoms with E-state index in [1.807, 2.05) is 41.2 Å². The Morgan fingerprint density at radius 3 is 2.88 bits per heavy atom. The topological polar surface area (TPSA) is 56.1 Å². The van der Waals surface area contributed by atoms with Crippen LogP contribution in [0.15, 0.2) is 42.9 Å². The van der Waals surface area contributed by atoms with Gasteiger partial charge in [-0.05, 0) is 31.2 Å². The fourth-order valence-corrected chi connectivity index (χ4v) is 1.46. The Hall–Kier alpha value is -2.30. The summed E-state index contributed by atoms with van der Waals surface area (Å²) >= 11 is 0. The minimum Gasteiger partial charge on any atom is -0.450 e. The first-order valence-electron chi connectivity index (χ1n) is 5.33. The molecular weight excluding hydrogens is 218 g/mol. The molecule has 0 aromatic carbocycles. The Kier molecular flexibility index (Phi) is 3.40. The van der Waals surface area contributed by atoms with Gasteiger partial charge in [-0.1, -0.05) is 0 Å². The second-order valence-electron chi connectivity index (χ2n) is 3.31. The van der Waals surface area contributed by atoms with E-state index in [1.165, 1.54) is 0 Å². The molecule has 0 aliphatic rings. The van der Waals surface area contributed by atoms with Crippen LogP contribution in [0.5, 0.6) is 0 Å². The van der Waals surface area contributed by atoms with Gasteiger partial charge in [0, 0.05) is 18.6 Å². The molecule has 88 valence electrons. The lowest BCUT2D eigenvalue weighted by Crippen LogP contribution is -2.15. The average molecular weight is 231 g/mol. The zero-order chi connectivity index (χ0) is 12.1. The van der Waals surface area contributed by atoms with Gasteiger partial charge in [0.1, 0.15) is 0 Å². The van der Waals surface area contributed by atoms with Crippen molar-refractivity contribution in [2.24, 2.45) is 0 Å². The van der Waals surface area contributed by atoms with Crippen LogP contribution in [0.1, 0.15) is 6.92 Å². The molecule has 0 saturated carbocycles. The predicted octanol–water partition coefficient (Wildman–Crippen LogP) is 2.44. The Bertz CT molecular complexity index is 494. The molecule has 0 saturated heterocycles. The molecule has 0 unspecified atom stereocenters. The summed E-state index contributed by atoms with van der Waals surface area (Å²) in [5.74, 6) is 0.474. The average Bonchev–Trinajstić information content (AvgIpc) is 2.83. The number of hydrogen-bond acceptors (Lipinski definition) is 3. The van der Waals surface area contributed by atoms with Crippen molar-refractivity contribution in [1.82, 2.24) is 9.55 Å². The second kappa shape index (κ2) is 5.16. The molecule has 0 atom stereocenters. The monoisotopic (exact) mass is 231 g/mol. The highest BCUT2D eigenvalue weighted by Crippen LogP contribution is 2.17. The molecule has 2 aromatic heterocycles. The zero-order valence-electron chi connectivity index (χ0n) is 9.46. The molecular formula is C12H13N3O2. The third-order valence-corrected chi connectivity index (χ3v) is 2.16. The number of amides is 1. The molecule has 0 bridgehead atoms. The van der Waals surface area contributed by atoms with Gasteiger partial charge in [0.25, 0.3) is 0 Å². The number of carbonyl (C=O) groups is 1. The van der Waals surface area contributed by atoms with E-state index in [1.54, 1.807) is 13.1 Å². The number of hydrogen-bond donors (Lipinski definition) is 1. The molecule has 0 radical (unpaired) electrons. The fraction of sp³-hybridized carbons (Fsp3) is 0.167. The number of ether oxygens (including phenoxy) is 1. The predicted molar refractivity (Wildman–Crippen MR) is 64.2 cm³/mol. The fourth-order valence-electron chi connectivity index (χ4n) is 1.46. The van der Waals surface area contributed by atoms with Crippen molar-refractivity contribution in [2.45, 2.75) is 6.92 Å². The molecule has 0 aliphatic carbocycles. The SMILES string of the molecule is CCOC(=O)Nc1ncccc1-n1cccc1. The molecule has 1 amide bonds. The number of aromatic nitrogens is 2. The highest BCUT2D eigenvalue weighted by atomic mass is 16.5. The van der Waals surface area contributed by atoms with Crippen LogP contribution in [0.3, 0.4) is 0 Å². The van der Waals surface area contributed by atoms with E-state index < -0.39 is 6.09 Å². The van der Waals surface area contributed by atoms with Crippen molar-refractivity contribution in [3.63, 3.8) is 0 Å². The van der Waals surface area contributed by atoms with Crippen LogP contribution in [0.25, 0.3) is 5.69 Å². The van der Waals surface area contributed by atoms with Crippen molar-refractivity contribution in [1.29, 1.82) is 0 Å². The largest absolute Gasteiger partial charge is 0.450 e. The number of nitrogens with zero attached hydrogens (tertiary/aromatic N) is 2. The summed E-state index contributed by atoms with van der Waals surface area (Å²) in [6.45, 7) is 2.09. The zero-order valence-corrected chi connectivity index (χ0v) is 9.46. The van der Waals surface area contributed by atoms with Crippen LogP contribution < -0.4 is 5.32 Å². The van der Waals surface area contributed by atoms with E-state index in [4.69, 9.17) is 4.74 Å². The number of rotatable bonds is 3. The smallest absolute Gasteiger partial charge is 0.412 e. The quantitative estimate of drug-likeness (QED) is 0.882. The summed E-state index contributed by atoms with van der Waals surface area (Å²) in [4.78, 5) is 15.5. The molecule has 5 nitrogen and oxygen atoms in total. The van der Waals surface area contributed by atoms with Crippen LogP contribution in [0, 0.1) is 0 Å². The molecule has 2 aromatic rings. The minimum absolute atomic E-state index is 0.331. The van der Waals surface area contributed by atoms with Gasteiger partial charge in [0.05, 0.1) is 12.3 Å². The lowest BCUT2D eigenvalue weighted by Gasteiger charge is -2.10. The van der Waals surface area contributed by atoms with Gasteiger partial charge in [-0.15, -0.1) is 0 Å². The Balaban J connectivity index is 2.25. The van der Waals surface area contributed by atoms with Crippen LogP contribution in [0.2, 0.25) is 0 Å². The van der Waals surface area contributed by atoms with Crippen LogP contribution >= 0.6 is 0 Å². The number of carbonyl (C=O) groups excluding carboxylic acids is 1. The number of anilines is 1.